The summed E-state index contributed by atoms with van der Waals surface area (Å²) in [7, 11) is 1.82. The number of thiophene rings is 1. The average Bonchev–Trinajstić information content (AvgIpc) is 3.26. The number of nitrogens with zero attached hydrogens (tertiary/aromatic N) is 4. The highest BCUT2D eigenvalue weighted by Crippen LogP contribution is 2.17. The van der Waals surface area contributed by atoms with Gasteiger partial charge in [-0.25, -0.2) is 14.5 Å². The van der Waals surface area contributed by atoms with Crippen molar-refractivity contribution in [1.82, 2.24) is 25.0 Å². The van der Waals surface area contributed by atoms with Crippen molar-refractivity contribution in [2.45, 2.75) is 26.6 Å². The van der Waals surface area contributed by atoms with E-state index in [-0.39, 0.29) is 6.03 Å². The van der Waals surface area contributed by atoms with Gasteiger partial charge in [-0.05, 0) is 35.1 Å². The summed E-state index contributed by atoms with van der Waals surface area (Å²) in [6.07, 6.45) is 3.22. The lowest BCUT2D eigenvalue weighted by Gasteiger charge is -2.18. The number of carbonyl (C=O) groups excluding carboxylic acids is 1. The van der Waals surface area contributed by atoms with Gasteiger partial charge in [-0.1, -0.05) is 24.3 Å². The van der Waals surface area contributed by atoms with Gasteiger partial charge in [0.2, 0.25) is 0 Å². The van der Waals surface area contributed by atoms with E-state index in [0.29, 0.717) is 19.6 Å². The van der Waals surface area contributed by atoms with Crippen molar-refractivity contribution in [3.05, 3.63) is 69.9 Å². The van der Waals surface area contributed by atoms with Crippen molar-refractivity contribution >= 4 is 17.4 Å². The van der Waals surface area contributed by atoms with E-state index in [2.05, 4.69) is 33.8 Å². The van der Waals surface area contributed by atoms with E-state index in [0.717, 1.165) is 11.1 Å². The first-order valence-corrected chi connectivity index (χ1v) is 8.92. The topological polar surface area (TPSA) is 63.1 Å². The van der Waals surface area contributed by atoms with Gasteiger partial charge in [0.05, 0.1) is 13.1 Å². The van der Waals surface area contributed by atoms with Crippen LogP contribution in [0.3, 0.4) is 0 Å². The van der Waals surface area contributed by atoms with Crippen LogP contribution in [-0.2, 0) is 19.6 Å². The maximum Gasteiger partial charge on any atom is 0.317 e. The number of aromatic nitrogens is 3. The van der Waals surface area contributed by atoms with Crippen LogP contribution in [0, 0.1) is 6.92 Å². The number of nitrogens with one attached hydrogen (secondary N) is 1. The second-order valence-corrected chi connectivity index (χ2v) is 6.95. The molecule has 1 N–H and O–H groups in total. The van der Waals surface area contributed by atoms with E-state index in [4.69, 9.17) is 0 Å². The Labute approximate surface area is 151 Å². The molecule has 0 unspecified atom stereocenters. The third kappa shape index (κ3) is 4.67. The monoisotopic (exact) mass is 355 g/mol. The van der Waals surface area contributed by atoms with E-state index in [1.807, 2.05) is 31.3 Å². The lowest BCUT2D eigenvalue weighted by atomic mass is 10.1. The largest absolute Gasteiger partial charge is 0.334 e. The summed E-state index contributed by atoms with van der Waals surface area (Å²) in [5.74, 6) is 0. The zero-order chi connectivity index (χ0) is 17.6. The van der Waals surface area contributed by atoms with Gasteiger partial charge in [0.1, 0.15) is 12.7 Å². The zero-order valence-electron chi connectivity index (χ0n) is 14.3. The van der Waals surface area contributed by atoms with E-state index in [1.54, 1.807) is 27.2 Å². The first-order valence-electron chi connectivity index (χ1n) is 8.04. The Balaban J connectivity index is 1.49. The molecule has 3 rings (SSSR count). The lowest BCUT2D eigenvalue weighted by Crippen LogP contribution is -2.36. The second kappa shape index (κ2) is 7.94. The summed E-state index contributed by atoms with van der Waals surface area (Å²) in [5, 5.41) is 9.11. The summed E-state index contributed by atoms with van der Waals surface area (Å²) >= 11 is 1.68. The molecule has 0 atom stereocenters. The fourth-order valence-corrected chi connectivity index (χ4v) is 3.39. The second-order valence-electron chi connectivity index (χ2n) is 5.95. The molecule has 3 aromatic rings. The standard InChI is InChI=1S/C18H21N5OS/c1-14-7-8-25-17(14)11-22(2)18(24)20-9-15-3-5-16(6-4-15)10-23-13-19-12-21-23/h3-8,12-13H,9-11H2,1-2H3,(H,20,24). The number of aryl methyl sites for hydroxylation is 1. The van der Waals surface area contributed by atoms with Crippen LogP contribution in [0.25, 0.3) is 0 Å². The predicted molar refractivity (Wildman–Crippen MR) is 98.3 cm³/mol. The fraction of sp³-hybridized carbons (Fsp3) is 0.278. The molecule has 1 aromatic carbocycles. The molecule has 0 aliphatic rings. The number of carbonyl (C=O) groups is 1. The van der Waals surface area contributed by atoms with Crippen molar-refractivity contribution in [2.75, 3.05) is 7.05 Å². The number of benzene rings is 1. The highest BCUT2D eigenvalue weighted by molar-refractivity contribution is 7.10. The van der Waals surface area contributed by atoms with Crippen LogP contribution < -0.4 is 5.32 Å². The molecule has 2 amide bonds. The summed E-state index contributed by atoms with van der Waals surface area (Å²) in [6.45, 7) is 3.90. The summed E-state index contributed by atoms with van der Waals surface area (Å²) in [5.41, 5.74) is 3.44. The van der Waals surface area contributed by atoms with Gasteiger partial charge in [0.15, 0.2) is 0 Å². The zero-order valence-corrected chi connectivity index (χ0v) is 15.2. The van der Waals surface area contributed by atoms with Crippen molar-refractivity contribution < 1.29 is 4.79 Å². The van der Waals surface area contributed by atoms with E-state index in [1.165, 1.54) is 16.8 Å². The van der Waals surface area contributed by atoms with Crippen LogP contribution in [0.2, 0.25) is 0 Å². The molecule has 2 heterocycles. The minimum Gasteiger partial charge on any atom is -0.334 e. The number of hydrogen-bond acceptors (Lipinski definition) is 4. The molecule has 6 nitrogen and oxygen atoms in total. The predicted octanol–water partition coefficient (Wildman–Crippen LogP) is 3.04. The van der Waals surface area contributed by atoms with E-state index >= 15 is 0 Å². The third-order valence-electron chi connectivity index (χ3n) is 3.97. The Hall–Kier alpha value is -2.67. The van der Waals surface area contributed by atoms with Gasteiger partial charge >= 0.3 is 6.03 Å². The van der Waals surface area contributed by atoms with E-state index < -0.39 is 0 Å². The minimum atomic E-state index is -0.0699. The highest BCUT2D eigenvalue weighted by Gasteiger charge is 2.10. The molecule has 0 radical (unpaired) electrons. The van der Waals surface area contributed by atoms with Crippen LogP contribution in [0.4, 0.5) is 4.79 Å². The van der Waals surface area contributed by atoms with Crippen molar-refractivity contribution in [3.63, 3.8) is 0 Å². The van der Waals surface area contributed by atoms with Gasteiger partial charge < -0.3 is 10.2 Å². The molecule has 0 spiro atoms. The Morgan fingerprint density at radius 1 is 1.24 bits per heavy atom. The molecule has 0 aliphatic heterocycles. The summed E-state index contributed by atoms with van der Waals surface area (Å²) in [4.78, 5) is 19.1. The number of rotatable bonds is 6. The fourth-order valence-electron chi connectivity index (χ4n) is 2.43. The molecule has 0 aliphatic carbocycles. The molecule has 0 saturated carbocycles. The molecule has 0 fully saturated rings. The number of hydrogen-bond donors (Lipinski definition) is 1. The number of amides is 2. The van der Waals surface area contributed by atoms with Gasteiger partial charge in [-0.2, -0.15) is 5.10 Å². The van der Waals surface area contributed by atoms with E-state index in [9.17, 15) is 4.79 Å². The summed E-state index contributed by atoms with van der Waals surface area (Å²) < 4.78 is 1.78. The van der Waals surface area contributed by atoms with Gasteiger partial charge in [-0.3, -0.25) is 0 Å². The Bertz CT molecular complexity index is 810. The van der Waals surface area contributed by atoms with Crippen LogP contribution in [0.1, 0.15) is 21.6 Å². The molecular weight excluding hydrogens is 334 g/mol. The van der Waals surface area contributed by atoms with Crippen LogP contribution in [-0.4, -0.2) is 32.7 Å². The Kier molecular flexibility index (Phi) is 5.45. The third-order valence-corrected chi connectivity index (χ3v) is 4.98. The maximum atomic E-state index is 12.2. The first-order chi connectivity index (χ1) is 12.1. The van der Waals surface area contributed by atoms with Crippen LogP contribution in [0.5, 0.6) is 0 Å². The van der Waals surface area contributed by atoms with Crippen LogP contribution >= 0.6 is 11.3 Å². The molecule has 0 bridgehead atoms. The molecule has 2 aromatic heterocycles. The van der Waals surface area contributed by atoms with Crippen molar-refractivity contribution in [2.24, 2.45) is 0 Å². The van der Waals surface area contributed by atoms with Crippen LogP contribution in [0.15, 0.2) is 48.4 Å². The SMILES string of the molecule is Cc1ccsc1CN(C)C(=O)NCc1ccc(Cn2cncn2)cc1. The molecule has 25 heavy (non-hydrogen) atoms. The quantitative estimate of drug-likeness (QED) is 0.739. The van der Waals surface area contributed by atoms with Gasteiger partial charge in [0, 0.05) is 18.5 Å². The van der Waals surface area contributed by atoms with Gasteiger partial charge in [-0.15, -0.1) is 11.3 Å². The average molecular weight is 355 g/mol. The smallest absolute Gasteiger partial charge is 0.317 e. The van der Waals surface area contributed by atoms with Gasteiger partial charge in [0.25, 0.3) is 0 Å². The highest BCUT2D eigenvalue weighted by atomic mass is 32.1. The number of urea groups is 1. The Morgan fingerprint density at radius 3 is 2.64 bits per heavy atom. The maximum absolute atomic E-state index is 12.2. The minimum absolute atomic E-state index is 0.0699. The molecule has 0 saturated heterocycles. The lowest BCUT2D eigenvalue weighted by molar-refractivity contribution is 0.207. The summed E-state index contributed by atoms with van der Waals surface area (Å²) in [6, 6.07) is 10.1. The molecule has 130 valence electrons. The normalized spacial score (nSPS) is 10.6. The molecular formula is C18H21N5OS. The Morgan fingerprint density at radius 2 is 2.00 bits per heavy atom. The van der Waals surface area contributed by atoms with Crippen molar-refractivity contribution in [3.8, 4) is 0 Å². The van der Waals surface area contributed by atoms with Crippen molar-refractivity contribution in [1.29, 1.82) is 0 Å². The molecule has 7 heteroatoms. The first kappa shape index (κ1) is 17.2.